The molecule has 55 heavy (non-hydrogen) atoms. The molecule has 1 heteroatoms. The summed E-state index contributed by atoms with van der Waals surface area (Å²) in [6.45, 7) is 4.58. The summed E-state index contributed by atoms with van der Waals surface area (Å²) in [6, 6.07) is 66.0. The predicted octanol–water partition coefficient (Wildman–Crippen LogP) is 14.4. The Kier molecular flexibility index (Phi) is 8.19. The van der Waals surface area contributed by atoms with Gasteiger partial charge in [-0.25, -0.2) is 0 Å². The summed E-state index contributed by atoms with van der Waals surface area (Å²) in [5.41, 5.74) is 17.0. The van der Waals surface area contributed by atoms with Gasteiger partial charge >= 0.3 is 0 Å². The van der Waals surface area contributed by atoms with Crippen LogP contribution >= 0.6 is 0 Å². The molecule has 9 aromatic rings. The molecule has 10 rings (SSSR count). The third-order valence-electron chi connectivity index (χ3n) is 11.2. The summed E-state index contributed by atoms with van der Waals surface area (Å²) in [7, 11) is 0. The van der Waals surface area contributed by atoms with E-state index in [-0.39, 0.29) is 0 Å². The molecule has 8 aromatic carbocycles. The molecular weight excluding hydrogens is 663 g/mol. The van der Waals surface area contributed by atoms with E-state index in [9.17, 15) is 0 Å². The molecule has 0 atom stereocenters. The lowest BCUT2D eigenvalue weighted by Crippen LogP contribution is -2.05. The molecule has 0 spiro atoms. The van der Waals surface area contributed by atoms with Gasteiger partial charge in [0.15, 0.2) is 0 Å². The van der Waals surface area contributed by atoms with Gasteiger partial charge in [0.1, 0.15) is 0 Å². The molecule has 260 valence electrons. The van der Waals surface area contributed by atoms with Gasteiger partial charge in [-0.2, -0.15) is 0 Å². The van der Waals surface area contributed by atoms with Crippen molar-refractivity contribution in [2.75, 3.05) is 0 Å². The second-order valence-electron chi connectivity index (χ2n) is 14.5. The van der Waals surface area contributed by atoms with Gasteiger partial charge in [-0.1, -0.05) is 176 Å². The topological polar surface area (TPSA) is 4.93 Å². The number of rotatable bonds is 7. The second-order valence-corrected chi connectivity index (χ2v) is 14.5. The van der Waals surface area contributed by atoms with E-state index in [1.807, 2.05) is 0 Å². The van der Waals surface area contributed by atoms with E-state index < -0.39 is 0 Å². The fraction of sp³-hybridized carbons (Fsp3) is 0.0370. The van der Waals surface area contributed by atoms with E-state index in [1.54, 1.807) is 0 Å². The van der Waals surface area contributed by atoms with Crippen LogP contribution in [0.15, 0.2) is 201 Å². The summed E-state index contributed by atoms with van der Waals surface area (Å²) in [5.74, 6) is 0. The minimum Gasteiger partial charge on any atom is -0.309 e. The number of allylic oxidation sites excluding steroid dienone is 3. The molecule has 0 amide bonds. The standard InChI is InChI=1S/C54H39N/c1-37(35-51(41-14-3-2-4-15-41)43-30-25-40(26-31-43)45-32-27-39-13-5-6-16-44(39)36-45)38-23-28-42(29-24-38)46-33-34-54(48-18-8-7-17-47(46)48)55-52-21-11-9-19-49(52)50-20-10-12-22-53(50)55/h2-6,8-16,18-36H,1,7,17H2/b51-35+. The predicted molar refractivity (Wildman–Crippen MR) is 236 cm³/mol. The Hall–Kier alpha value is -6.96. The molecule has 0 saturated carbocycles. The van der Waals surface area contributed by atoms with Crippen molar-refractivity contribution in [3.05, 3.63) is 229 Å². The SMILES string of the molecule is C=C(/C=C(\c1ccccc1)c1ccc(-c2ccc3ccccc3c2)cc1)c1ccc(-c2ccc(-n3c4ccccc4c4ccccc43)c3c2CCC=C3)cc1. The van der Waals surface area contributed by atoms with E-state index in [0.717, 1.165) is 35.1 Å². The molecular formula is C54H39N. The lowest BCUT2D eigenvalue weighted by atomic mass is 9.87. The molecule has 1 aromatic heterocycles. The van der Waals surface area contributed by atoms with Crippen LogP contribution in [0.5, 0.6) is 0 Å². The zero-order valence-electron chi connectivity index (χ0n) is 30.6. The Morgan fingerprint density at radius 2 is 1.11 bits per heavy atom. The van der Waals surface area contributed by atoms with Gasteiger partial charge in [-0.05, 0) is 110 Å². The van der Waals surface area contributed by atoms with Crippen LogP contribution in [0.3, 0.4) is 0 Å². The fourth-order valence-corrected chi connectivity index (χ4v) is 8.47. The maximum absolute atomic E-state index is 4.58. The average molecular weight is 702 g/mol. The molecule has 0 fully saturated rings. The normalized spacial score (nSPS) is 12.7. The number of fused-ring (bicyclic) bond motifs is 5. The van der Waals surface area contributed by atoms with Crippen molar-refractivity contribution in [2.45, 2.75) is 12.8 Å². The first-order chi connectivity index (χ1) is 27.2. The van der Waals surface area contributed by atoms with Crippen LogP contribution in [0.2, 0.25) is 0 Å². The number of para-hydroxylation sites is 2. The highest BCUT2D eigenvalue weighted by Crippen LogP contribution is 2.39. The lowest BCUT2D eigenvalue weighted by molar-refractivity contribution is 0.979. The molecule has 0 bridgehead atoms. The first-order valence-corrected chi connectivity index (χ1v) is 19.2. The van der Waals surface area contributed by atoms with Crippen molar-refractivity contribution in [1.29, 1.82) is 0 Å². The highest BCUT2D eigenvalue weighted by Gasteiger charge is 2.20. The van der Waals surface area contributed by atoms with Crippen LogP contribution < -0.4 is 0 Å². The largest absolute Gasteiger partial charge is 0.309 e. The lowest BCUT2D eigenvalue weighted by Gasteiger charge is -2.21. The van der Waals surface area contributed by atoms with Gasteiger partial charge < -0.3 is 4.57 Å². The first kappa shape index (κ1) is 32.7. The van der Waals surface area contributed by atoms with E-state index >= 15 is 0 Å². The Morgan fingerprint density at radius 3 is 1.85 bits per heavy atom. The van der Waals surface area contributed by atoms with Crippen molar-refractivity contribution >= 4 is 49.8 Å². The Labute approximate surface area is 322 Å². The quantitative estimate of drug-likeness (QED) is 0.146. The van der Waals surface area contributed by atoms with Gasteiger partial charge in [0, 0.05) is 16.3 Å². The highest BCUT2D eigenvalue weighted by atomic mass is 15.0. The van der Waals surface area contributed by atoms with Gasteiger partial charge in [-0.15, -0.1) is 0 Å². The van der Waals surface area contributed by atoms with Gasteiger partial charge in [0.25, 0.3) is 0 Å². The first-order valence-electron chi connectivity index (χ1n) is 19.2. The summed E-state index contributed by atoms with van der Waals surface area (Å²) in [6.07, 6.45) is 8.96. The molecule has 0 radical (unpaired) electrons. The zero-order chi connectivity index (χ0) is 36.7. The fourth-order valence-electron chi connectivity index (χ4n) is 8.47. The second kappa shape index (κ2) is 13.8. The molecule has 0 saturated heterocycles. The molecule has 1 aliphatic rings. The monoisotopic (exact) mass is 701 g/mol. The van der Waals surface area contributed by atoms with E-state index in [4.69, 9.17) is 0 Å². The van der Waals surface area contributed by atoms with Crippen LogP contribution in [-0.2, 0) is 6.42 Å². The third kappa shape index (κ3) is 5.91. The highest BCUT2D eigenvalue weighted by molar-refractivity contribution is 6.09. The molecule has 1 heterocycles. The number of hydrogen-bond acceptors (Lipinski definition) is 0. The summed E-state index contributed by atoms with van der Waals surface area (Å²) in [5, 5.41) is 5.08. The summed E-state index contributed by atoms with van der Waals surface area (Å²) < 4.78 is 2.45. The van der Waals surface area contributed by atoms with Gasteiger partial charge in [0.2, 0.25) is 0 Å². The average Bonchev–Trinajstić information content (AvgIpc) is 3.59. The minimum atomic E-state index is 0.982. The molecule has 0 aliphatic heterocycles. The van der Waals surface area contributed by atoms with Crippen molar-refractivity contribution in [3.63, 3.8) is 0 Å². The maximum Gasteiger partial charge on any atom is 0.0541 e. The Morgan fingerprint density at radius 1 is 0.509 bits per heavy atom. The van der Waals surface area contributed by atoms with Gasteiger partial charge in [-0.3, -0.25) is 0 Å². The number of benzene rings is 8. The number of aromatic nitrogens is 1. The van der Waals surface area contributed by atoms with Crippen molar-refractivity contribution in [2.24, 2.45) is 0 Å². The van der Waals surface area contributed by atoms with Crippen molar-refractivity contribution < 1.29 is 0 Å². The summed E-state index contributed by atoms with van der Waals surface area (Å²) >= 11 is 0. The molecule has 0 N–H and O–H groups in total. The number of hydrogen-bond donors (Lipinski definition) is 0. The van der Waals surface area contributed by atoms with Crippen LogP contribution in [0.4, 0.5) is 0 Å². The van der Waals surface area contributed by atoms with Crippen LogP contribution in [0, 0.1) is 0 Å². The smallest absolute Gasteiger partial charge is 0.0541 e. The maximum atomic E-state index is 4.58. The third-order valence-corrected chi connectivity index (χ3v) is 11.2. The van der Waals surface area contributed by atoms with E-state index in [1.165, 1.54) is 77.2 Å². The van der Waals surface area contributed by atoms with Crippen LogP contribution in [-0.4, -0.2) is 4.57 Å². The zero-order valence-corrected chi connectivity index (χ0v) is 30.6. The molecule has 0 unspecified atom stereocenters. The van der Waals surface area contributed by atoms with E-state index in [0.29, 0.717) is 0 Å². The van der Waals surface area contributed by atoms with Crippen molar-refractivity contribution in [1.82, 2.24) is 4.57 Å². The Bertz CT molecular complexity index is 2900. The van der Waals surface area contributed by atoms with Crippen LogP contribution in [0.25, 0.3) is 77.7 Å². The molecule has 1 aliphatic carbocycles. The molecule has 1 nitrogen and oxygen atoms in total. The van der Waals surface area contributed by atoms with E-state index in [2.05, 4.69) is 211 Å². The van der Waals surface area contributed by atoms with Gasteiger partial charge in [0.05, 0.1) is 16.7 Å². The Balaban J connectivity index is 0.983. The minimum absolute atomic E-state index is 0.982. The summed E-state index contributed by atoms with van der Waals surface area (Å²) in [4.78, 5) is 0. The van der Waals surface area contributed by atoms with Crippen molar-refractivity contribution in [3.8, 4) is 27.9 Å². The van der Waals surface area contributed by atoms with Crippen LogP contribution in [0.1, 0.15) is 34.2 Å². The number of nitrogens with zero attached hydrogens (tertiary/aromatic N) is 1.